The molecule has 0 aliphatic heterocycles. The van der Waals surface area contributed by atoms with Crippen LogP contribution in [0.3, 0.4) is 0 Å². The molecule has 0 unspecified atom stereocenters. The molecule has 0 spiro atoms. The maximum absolute atomic E-state index is 12.8. The van der Waals surface area contributed by atoms with Gasteiger partial charge in [-0.05, 0) is 37.6 Å². The van der Waals surface area contributed by atoms with Crippen LogP contribution in [0.4, 0.5) is 11.4 Å². The topological polar surface area (TPSA) is 63.4 Å². The van der Waals surface area contributed by atoms with Gasteiger partial charge in [0.25, 0.3) is 10.0 Å². The largest absolute Gasteiger partial charge is 0.397 e. The molecule has 2 aromatic rings. The quantitative estimate of drug-likeness (QED) is 0.881. The van der Waals surface area contributed by atoms with Crippen LogP contribution in [0.15, 0.2) is 53.4 Å². The predicted octanol–water partition coefficient (Wildman–Crippen LogP) is 2.79. The average Bonchev–Trinajstić information content (AvgIpc) is 2.42. The van der Waals surface area contributed by atoms with Crippen molar-refractivity contribution < 1.29 is 8.42 Å². The number of nitrogens with two attached hydrogens (primary N) is 1. The molecule has 0 radical (unpaired) electrons. The van der Waals surface area contributed by atoms with Gasteiger partial charge >= 0.3 is 0 Å². The molecule has 0 aliphatic rings. The van der Waals surface area contributed by atoms with Crippen LogP contribution in [0.1, 0.15) is 12.5 Å². The highest BCUT2D eigenvalue weighted by atomic mass is 32.2. The molecule has 0 amide bonds. The molecular weight excluding hydrogens is 272 g/mol. The third-order valence-corrected chi connectivity index (χ3v) is 5.20. The summed E-state index contributed by atoms with van der Waals surface area (Å²) < 4.78 is 27.0. The van der Waals surface area contributed by atoms with Crippen LogP contribution in [0, 0.1) is 6.92 Å². The van der Waals surface area contributed by atoms with E-state index in [9.17, 15) is 8.42 Å². The fourth-order valence-corrected chi connectivity index (χ4v) is 3.88. The molecule has 0 heterocycles. The van der Waals surface area contributed by atoms with Gasteiger partial charge < -0.3 is 5.73 Å². The van der Waals surface area contributed by atoms with Crippen LogP contribution in [0.2, 0.25) is 0 Å². The van der Waals surface area contributed by atoms with E-state index in [2.05, 4.69) is 0 Å². The molecule has 0 aliphatic carbocycles. The molecule has 2 rings (SSSR count). The van der Waals surface area contributed by atoms with Crippen molar-refractivity contribution >= 4 is 21.4 Å². The van der Waals surface area contributed by atoms with Gasteiger partial charge in [-0.15, -0.1) is 0 Å². The van der Waals surface area contributed by atoms with Gasteiger partial charge in [0.2, 0.25) is 0 Å². The lowest BCUT2D eigenvalue weighted by Crippen LogP contribution is -2.31. The molecule has 0 aromatic heterocycles. The third-order valence-electron chi connectivity index (χ3n) is 3.15. The van der Waals surface area contributed by atoms with Crippen molar-refractivity contribution in [1.82, 2.24) is 0 Å². The molecule has 4 nitrogen and oxygen atoms in total. The zero-order valence-corrected chi connectivity index (χ0v) is 12.4. The Morgan fingerprint density at radius 1 is 1.05 bits per heavy atom. The molecule has 106 valence electrons. The van der Waals surface area contributed by atoms with E-state index in [4.69, 9.17) is 5.73 Å². The molecule has 2 N–H and O–H groups in total. The second-order valence-corrected chi connectivity index (χ2v) is 6.32. The Labute approximate surface area is 119 Å². The summed E-state index contributed by atoms with van der Waals surface area (Å²) in [7, 11) is -3.60. The zero-order chi connectivity index (χ0) is 14.8. The molecule has 0 fully saturated rings. The summed E-state index contributed by atoms with van der Waals surface area (Å²) >= 11 is 0. The summed E-state index contributed by atoms with van der Waals surface area (Å²) in [5, 5.41) is 0. The summed E-state index contributed by atoms with van der Waals surface area (Å²) in [4.78, 5) is 0.310. The van der Waals surface area contributed by atoms with Gasteiger partial charge in [0, 0.05) is 6.54 Å². The number of anilines is 2. The molecule has 5 heteroatoms. The first kappa shape index (κ1) is 14.4. The van der Waals surface area contributed by atoms with Crippen LogP contribution in [0.5, 0.6) is 0 Å². The predicted molar refractivity (Wildman–Crippen MR) is 82.2 cm³/mol. The van der Waals surface area contributed by atoms with Crippen molar-refractivity contribution in [2.75, 3.05) is 16.6 Å². The number of sulfonamides is 1. The fraction of sp³-hybridized carbons (Fsp3) is 0.200. The van der Waals surface area contributed by atoms with E-state index < -0.39 is 10.0 Å². The van der Waals surface area contributed by atoms with Crippen molar-refractivity contribution in [3.8, 4) is 0 Å². The summed E-state index contributed by atoms with van der Waals surface area (Å²) in [5.41, 5.74) is 7.59. The number of nitrogen functional groups attached to an aromatic ring is 1. The van der Waals surface area contributed by atoms with E-state index in [-0.39, 0.29) is 0 Å². The van der Waals surface area contributed by atoms with Gasteiger partial charge in [-0.3, -0.25) is 4.31 Å². The lowest BCUT2D eigenvalue weighted by molar-refractivity contribution is 0.591. The number of benzene rings is 2. The van der Waals surface area contributed by atoms with Crippen molar-refractivity contribution in [3.63, 3.8) is 0 Å². The van der Waals surface area contributed by atoms with Crippen LogP contribution < -0.4 is 10.0 Å². The first-order valence-electron chi connectivity index (χ1n) is 6.41. The Morgan fingerprint density at radius 3 is 2.25 bits per heavy atom. The molecule has 2 aromatic carbocycles. The molecule has 0 saturated carbocycles. The van der Waals surface area contributed by atoms with E-state index >= 15 is 0 Å². The Balaban J connectivity index is 2.58. The SMILES string of the molecule is CCN(c1ccccc1N)S(=O)(=O)c1ccccc1C. The minimum absolute atomic E-state index is 0.310. The van der Waals surface area contributed by atoms with E-state index in [1.165, 1.54) is 4.31 Å². The molecule has 0 atom stereocenters. The first-order valence-corrected chi connectivity index (χ1v) is 7.85. The normalized spacial score (nSPS) is 11.3. The van der Waals surface area contributed by atoms with Crippen LogP contribution in [0.25, 0.3) is 0 Å². The average molecular weight is 290 g/mol. The van der Waals surface area contributed by atoms with Gasteiger partial charge in [0.05, 0.1) is 16.3 Å². The van der Waals surface area contributed by atoms with Gasteiger partial charge in [0.1, 0.15) is 0 Å². The highest BCUT2D eigenvalue weighted by Gasteiger charge is 2.26. The lowest BCUT2D eigenvalue weighted by atomic mass is 10.2. The van der Waals surface area contributed by atoms with Gasteiger partial charge in [0.15, 0.2) is 0 Å². The van der Waals surface area contributed by atoms with Crippen molar-refractivity contribution in [1.29, 1.82) is 0 Å². The smallest absolute Gasteiger partial charge is 0.264 e. The number of aryl methyl sites for hydroxylation is 1. The minimum atomic E-state index is -3.60. The summed E-state index contributed by atoms with van der Waals surface area (Å²) in [6.07, 6.45) is 0. The summed E-state index contributed by atoms with van der Waals surface area (Å²) in [6.45, 7) is 3.90. The van der Waals surface area contributed by atoms with Crippen molar-refractivity contribution in [2.45, 2.75) is 18.7 Å². The van der Waals surface area contributed by atoms with Gasteiger partial charge in [-0.25, -0.2) is 8.42 Å². The van der Waals surface area contributed by atoms with Crippen LogP contribution in [-0.2, 0) is 10.0 Å². The van der Waals surface area contributed by atoms with E-state index in [1.807, 2.05) is 6.07 Å². The standard InChI is InChI=1S/C15H18N2O2S/c1-3-17(14-10-6-5-9-13(14)16)20(18,19)15-11-7-4-8-12(15)2/h4-11H,3,16H2,1-2H3. The Bertz CT molecular complexity index is 711. The first-order chi connectivity index (χ1) is 9.48. The fourth-order valence-electron chi connectivity index (χ4n) is 2.15. The molecule has 20 heavy (non-hydrogen) atoms. The monoisotopic (exact) mass is 290 g/mol. The number of para-hydroxylation sites is 2. The van der Waals surface area contributed by atoms with Gasteiger partial charge in [-0.1, -0.05) is 30.3 Å². The van der Waals surface area contributed by atoms with Crippen LogP contribution >= 0.6 is 0 Å². The Hall–Kier alpha value is -2.01. The highest BCUT2D eigenvalue weighted by Crippen LogP contribution is 2.29. The summed E-state index contributed by atoms with van der Waals surface area (Å²) in [6, 6.07) is 13.9. The van der Waals surface area contributed by atoms with Crippen molar-refractivity contribution in [3.05, 3.63) is 54.1 Å². The minimum Gasteiger partial charge on any atom is -0.397 e. The number of hydrogen-bond donors (Lipinski definition) is 1. The molecule has 0 saturated heterocycles. The maximum atomic E-state index is 12.8. The third kappa shape index (κ3) is 2.49. The Morgan fingerprint density at radius 2 is 1.65 bits per heavy atom. The number of hydrogen-bond acceptors (Lipinski definition) is 3. The second kappa shape index (κ2) is 5.54. The van der Waals surface area contributed by atoms with Crippen LogP contribution in [-0.4, -0.2) is 15.0 Å². The summed E-state index contributed by atoms with van der Waals surface area (Å²) in [5.74, 6) is 0. The maximum Gasteiger partial charge on any atom is 0.264 e. The molecular formula is C15H18N2O2S. The number of nitrogens with zero attached hydrogens (tertiary/aromatic N) is 1. The number of rotatable bonds is 4. The zero-order valence-electron chi connectivity index (χ0n) is 11.6. The molecule has 0 bridgehead atoms. The van der Waals surface area contributed by atoms with Crippen molar-refractivity contribution in [2.24, 2.45) is 0 Å². The lowest BCUT2D eigenvalue weighted by Gasteiger charge is -2.25. The van der Waals surface area contributed by atoms with Gasteiger partial charge in [-0.2, -0.15) is 0 Å². The van der Waals surface area contributed by atoms with E-state index in [0.29, 0.717) is 22.8 Å². The highest BCUT2D eigenvalue weighted by molar-refractivity contribution is 7.92. The second-order valence-electron chi connectivity index (χ2n) is 4.49. The Kier molecular flexibility index (Phi) is 3.99. The van der Waals surface area contributed by atoms with E-state index in [1.54, 1.807) is 56.3 Å². The van der Waals surface area contributed by atoms with E-state index in [0.717, 1.165) is 5.56 Å².